The SMILES string of the molecule is O=C1N[C@@H](Cc2c[nH]c3ccccc23)C(=O)N1CC(=O)N(C1CC1)[C@@H]1CCS(=O)(=O)C1. The first-order valence-corrected chi connectivity index (χ1v) is 12.3. The van der Waals surface area contributed by atoms with E-state index in [0.717, 1.165) is 34.2 Å². The zero-order chi connectivity index (χ0) is 21.8. The fourth-order valence-electron chi connectivity index (χ4n) is 4.66. The van der Waals surface area contributed by atoms with E-state index >= 15 is 0 Å². The van der Waals surface area contributed by atoms with E-state index in [-0.39, 0.29) is 36.0 Å². The molecule has 1 aromatic heterocycles. The van der Waals surface area contributed by atoms with Crippen molar-refractivity contribution >= 4 is 38.6 Å². The highest BCUT2D eigenvalue weighted by Gasteiger charge is 2.45. The summed E-state index contributed by atoms with van der Waals surface area (Å²) in [4.78, 5) is 44.1. The number of imide groups is 1. The monoisotopic (exact) mass is 444 g/mol. The standard InChI is InChI=1S/C21H24N4O5S/c26-19(25(14-5-6-14)15-7-8-31(29,30)12-15)11-24-20(27)18(23-21(24)28)9-13-10-22-17-4-2-1-3-16(13)17/h1-4,10,14-15,18,22H,5-9,11-12H2,(H,23,28)/t15-,18+/m1/s1. The highest BCUT2D eigenvalue weighted by Crippen LogP contribution is 2.32. The van der Waals surface area contributed by atoms with E-state index < -0.39 is 27.8 Å². The minimum atomic E-state index is -3.14. The van der Waals surface area contributed by atoms with Gasteiger partial charge in [0.15, 0.2) is 9.84 Å². The van der Waals surface area contributed by atoms with Gasteiger partial charge in [-0.1, -0.05) is 18.2 Å². The second kappa shape index (κ2) is 7.37. The Labute approximate surface area is 179 Å². The predicted octanol–water partition coefficient (Wildman–Crippen LogP) is 0.809. The summed E-state index contributed by atoms with van der Waals surface area (Å²) < 4.78 is 23.8. The quantitative estimate of drug-likeness (QED) is 0.639. The smallest absolute Gasteiger partial charge is 0.325 e. The maximum Gasteiger partial charge on any atom is 0.325 e. The number of fused-ring (bicyclic) bond motifs is 1. The first kappa shape index (κ1) is 20.0. The van der Waals surface area contributed by atoms with Gasteiger partial charge >= 0.3 is 6.03 Å². The van der Waals surface area contributed by atoms with Crippen LogP contribution < -0.4 is 5.32 Å². The third kappa shape index (κ3) is 3.80. The van der Waals surface area contributed by atoms with Gasteiger partial charge in [0.2, 0.25) is 5.91 Å². The maximum absolute atomic E-state index is 13.0. The van der Waals surface area contributed by atoms with Crippen LogP contribution in [0.4, 0.5) is 4.79 Å². The Morgan fingerprint density at radius 1 is 1.13 bits per heavy atom. The van der Waals surface area contributed by atoms with Crippen LogP contribution in [0, 0.1) is 0 Å². The number of H-pyrrole nitrogens is 1. The third-order valence-electron chi connectivity index (χ3n) is 6.33. The summed E-state index contributed by atoms with van der Waals surface area (Å²) in [5.41, 5.74) is 1.87. The van der Waals surface area contributed by atoms with Crippen LogP contribution in [0.1, 0.15) is 24.8 Å². The van der Waals surface area contributed by atoms with Gasteiger partial charge in [-0.2, -0.15) is 0 Å². The average Bonchev–Trinajstić information content (AvgIpc) is 3.30. The number of nitrogens with zero attached hydrogens (tertiary/aromatic N) is 2. The number of aromatic nitrogens is 1. The Morgan fingerprint density at radius 2 is 1.90 bits per heavy atom. The predicted molar refractivity (Wildman–Crippen MR) is 113 cm³/mol. The van der Waals surface area contributed by atoms with Crippen LogP contribution in [0.25, 0.3) is 10.9 Å². The van der Waals surface area contributed by atoms with E-state index in [1.54, 1.807) is 4.90 Å². The molecule has 3 heterocycles. The number of urea groups is 1. The molecular weight excluding hydrogens is 420 g/mol. The van der Waals surface area contributed by atoms with Gasteiger partial charge in [0, 0.05) is 35.6 Å². The van der Waals surface area contributed by atoms with Crippen molar-refractivity contribution in [1.82, 2.24) is 20.1 Å². The van der Waals surface area contributed by atoms with Crippen molar-refractivity contribution in [2.45, 2.75) is 43.8 Å². The topological polar surface area (TPSA) is 120 Å². The molecule has 0 radical (unpaired) electrons. The van der Waals surface area contributed by atoms with Gasteiger partial charge in [-0.05, 0) is 30.9 Å². The van der Waals surface area contributed by atoms with Crippen molar-refractivity contribution in [3.8, 4) is 0 Å². The van der Waals surface area contributed by atoms with Crippen molar-refractivity contribution in [2.24, 2.45) is 0 Å². The molecular formula is C21H24N4O5S. The lowest BCUT2D eigenvalue weighted by Crippen LogP contribution is -2.49. The number of benzene rings is 1. The molecule has 5 rings (SSSR count). The highest BCUT2D eigenvalue weighted by molar-refractivity contribution is 7.91. The zero-order valence-corrected chi connectivity index (χ0v) is 17.7. The van der Waals surface area contributed by atoms with Crippen molar-refractivity contribution in [1.29, 1.82) is 0 Å². The summed E-state index contributed by atoms with van der Waals surface area (Å²) in [6, 6.07) is 6.04. The molecule has 9 nitrogen and oxygen atoms in total. The number of aromatic amines is 1. The van der Waals surface area contributed by atoms with Gasteiger partial charge in [-0.3, -0.25) is 14.5 Å². The van der Waals surface area contributed by atoms with E-state index in [0.29, 0.717) is 12.8 Å². The fourth-order valence-corrected chi connectivity index (χ4v) is 6.37. The van der Waals surface area contributed by atoms with Gasteiger partial charge < -0.3 is 15.2 Å². The lowest BCUT2D eigenvalue weighted by molar-refractivity contribution is -0.139. The lowest BCUT2D eigenvalue weighted by Gasteiger charge is -2.29. The third-order valence-corrected chi connectivity index (χ3v) is 8.08. The Hall–Kier alpha value is -2.88. The number of hydrogen-bond acceptors (Lipinski definition) is 5. The van der Waals surface area contributed by atoms with E-state index in [1.807, 2.05) is 30.5 Å². The maximum atomic E-state index is 13.0. The lowest BCUT2D eigenvalue weighted by atomic mass is 10.1. The van der Waals surface area contributed by atoms with Crippen LogP contribution in [-0.2, 0) is 25.8 Å². The van der Waals surface area contributed by atoms with Crippen LogP contribution in [0.15, 0.2) is 30.5 Å². The first-order valence-electron chi connectivity index (χ1n) is 10.5. The minimum Gasteiger partial charge on any atom is -0.361 e. The molecule has 0 bridgehead atoms. The van der Waals surface area contributed by atoms with E-state index in [9.17, 15) is 22.8 Å². The average molecular weight is 445 g/mol. The molecule has 1 aromatic carbocycles. The fraction of sp³-hybridized carbons (Fsp3) is 0.476. The molecule has 2 N–H and O–H groups in total. The van der Waals surface area contributed by atoms with E-state index in [2.05, 4.69) is 10.3 Å². The van der Waals surface area contributed by atoms with Gasteiger partial charge in [0.25, 0.3) is 5.91 Å². The van der Waals surface area contributed by atoms with Gasteiger partial charge in [-0.15, -0.1) is 0 Å². The van der Waals surface area contributed by atoms with E-state index in [1.165, 1.54) is 0 Å². The van der Waals surface area contributed by atoms with Crippen molar-refractivity contribution < 1.29 is 22.8 Å². The van der Waals surface area contributed by atoms with Crippen molar-refractivity contribution in [3.63, 3.8) is 0 Å². The van der Waals surface area contributed by atoms with E-state index in [4.69, 9.17) is 0 Å². The second-order valence-electron chi connectivity index (χ2n) is 8.58. The molecule has 0 unspecified atom stereocenters. The summed E-state index contributed by atoms with van der Waals surface area (Å²) in [6.07, 6.45) is 4.21. The second-order valence-corrected chi connectivity index (χ2v) is 10.8. The Kier molecular flexibility index (Phi) is 4.76. The van der Waals surface area contributed by atoms with Crippen LogP contribution in [0.2, 0.25) is 0 Å². The Morgan fingerprint density at radius 3 is 2.61 bits per heavy atom. The molecule has 31 heavy (non-hydrogen) atoms. The molecule has 1 aliphatic carbocycles. The molecule has 2 atom stereocenters. The summed E-state index contributed by atoms with van der Waals surface area (Å²) in [6.45, 7) is -0.359. The summed E-state index contributed by atoms with van der Waals surface area (Å²) in [7, 11) is -3.14. The van der Waals surface area contributed by atoms with Crippen LogP contribution in [0.3, 0.4) is 0 Å². The Bertz CT molecular complexity index is 1170. The summed E-state index contributed by atoms with van der Waals surface area (Å²) >= 11 is 0. The molecule has 164 valence electrons. The largest absolute Gasteiger partial charge is 0.361 e. The molecule has 2 aromatic rings. The Balaban J connectivity index is 1.28. The van der Waals surface area contributed by atoms with Crippen molar-refractivity contribution in [3.05, 3.63) is 36.0 Å². The number of rotatable bonds is 6. The first-order chi connectivity index (χ1) is 14.8. The number of carbonyl (C=O) groups excluding carboxylic acids is 3. The number of hydrogen-bond donors (Lipinski definition) is 2. The summed E-state index contributed by atoms with van der Waals surface area (Å²) in [5.74, 6) is -0.762. The van der Waals surface area contributed by atoms with Gasteiger partial charge in [-0.25, -0.2) is 13.2 Å². The molecule has 2 aliphatic heterocycles. The number of sulfone groups is 1. The number of para-hydroxylation sites is 1. The molecule has 3 fully saturated rings. The molecule has 10 heteroatoms. The molecule has 0 spiro atoms. The molecule has 1 saturated carbocycles. The number of amides is 4. The van der Waals surface area contributed by atoms with Gasteiger partial charge in [0.1, 0.15) is 12.6 Å². The van der Waals surface area contributed by atoms with Gasteiger partial charge in [0.05, 0.1) is 11.5 Å². The normalized spacial score (nSPS) is 25.2. The van der Waals surface area contributed by atoms with Crippen LogP contribution in [0.5, 0.6) is 0 Å². The van der Waals surface area contributed by atoms with Crippen LogP contribution >= 0.6 is 0 Å². The highest BCUT2D eigenvalue weighted by atomic mass is 32.2. The minimum absolute atomic E-state index is 0.00795. The molecule has 3 aliphatic rings. The molecule has 2 saturated heterocycles. The number of nitrogens with one attached hydrogen (secondary N) is 2. The summed E-state index contributed by atoms with van der Waals surface area (Å²) in [5, 5.41) is 3.67. The molecule has 4 amide bonds. The van der Waals surface area contributed by atoms with Crippen LogP contribution in [-0.4, -0.2) is 77.2 Å². The zero-order valence-electron chi connectivity index (χ0n) is 16.9. The van der Waals surface area contributed by atoms with Crippen molar-refractivity contribution in [2.75, 3.05) is 18.1 Å². The number of carbonyl (C=O) groups is 3.